The van der Waals surface area contributed by atoms with Crippen molar-refractivity contribution in [2.45, 2.75) is 0 Å². The first-order valence-electron chi connectivity index (χ1n) is 20.4. The van der Waals surface area contributed by atoms with E-state index in [9.17, 15) is 0 Å². The summed E-state index contributed by atoms with van der Waals surface area (Å²) in [5.74, 6) is 0. The molecule has 0 N–H and O–H groups in total. The fourth-order valence-electron chi connectivity index (χ4n) is 9.80. The minimum absolute atomic E-state index is 0.0694. The minimum atomic E-state index is 0.0694. The number of nitrogens with zero attached hydrogens (tertiary/aromatic N) is 1. The molecule has 0 spiro atoms. The molecule has 0 atom stereocenters. The fraction of sp³-hybridized carbons (Fsp3) is 0. The van der Waals surface area contributed by atoms with E-state index in [4.69, 9.17) is 4.42 Å². The molecule has 0 bridgehead atoms. The lowest BCUT2D eigenvalue weighted by atomic mass is 9.36. The van der Waals surface area contributed by atoms with Crippen LogP contribution in [0.5, 0.6) is 0 Å². The van der Waals surface area contributed by atoms with Crippen LogP contribution in [-0.2, 0) is 0 Å². The van der Waals surface area contributed by atoms with Gasteiger partial charge >= 0.3 is 0 Å². The molecule has 274 valence electrons. The lowest BCUT2D eigenvalue weighted by Gasteiger charge is -2.29. The second kappa shape index (κ2) is 13.5. The third-order valence-corrected chi connectivity index (χ3v) is 12.3. The van der Waals surface area contributed by atoms with E-state index >= 15 is 0 Å². The Balaban J connectivity index is 1.18. The fourth-order valence-corrected chi connectivity index (χ4v) is 9.80. The molecule has 0 aliphatic carbocycles. The van der Waals surface area contributed by atoms with Gasteiger partial charge in [0.15, 0.2) is 5.58 Å². The normalized spacial score (nSPS) is 11.7. The van der Waals surface area contributed by atoms with E-state index in [1.54, 1.807) is 0 Å². The number of furan rings is 1. The van der Waals surface area contributed by atoms with Crippen molar-refractivity contribution in [2.24, 2.45) is 0 Å². The van der Waals surface area contributed by atoms with E-state index in [-0.39, 0.29) is 6.71 Å². The highest BCUT2D eigenvalue weighted by Crippen LogP contribution is 2.50. The van der Waals surface area contributed by atoms with Crippen LogP contribution >= 0.6 is 0 Å². The smallest absolute Gasteiger partial charge is 0.241 e. The van der Waals surface area contributed by atoms with Crippen LogP contribution in [0.2, 0.25) is 0 Å². The van der Waals surface area contributed by atoms with Gasteiger partial charge in [0.2, 0.25) is 6.71 Å². The number of benzene rings is 11. The van der Waals surface area contributed by atoms with Gasteiger partial charge in [0, 0.05) is 32.8 Å². The van der Waals surface area contributed by atoms with Gasteiger partial charge in [-0.25, -0.2) is 0 Å². The average molecular weight is 750 g/mol. The van der Waals surface area contributed by atoms with Crippen LogP contribution in [0.4, 0.5) is 17.1 Å². The molecule has 12 rings (SSSR count). The molecule has 12 aromatic rings. The molecule has 0 fully saturated rings. The van der Waals surface area contributed by atoms with Crippen molar-refractivity contribution in [3.05, 3.63) is 218 Å². The molecular formula is C56H36BNO. The molecule has 0 radical (unpaired) electrons. The topological polar surface area (TPSA) is 16.4 Å². The van der Waals surface area contributed by atoms with Crippen molar-refractivity contribution in [1.29, 1.82) is 0 Å². The third kappa shape index (κ3) is 5.22. The van der Waals surface area contributed by atoms with Crippen LogP contribution in [0.1, 0.15) is 0 Å². The van der Waals surface area contributed by atoms with E-state index in [1.807, 2.05) is 0 Å². The van der Waals surface area contributed by atoms with Gasteiger partial charge in [0.05, 0.1) is 11.4 Å². The number of hydrogen-bond donors (Lipinski definition) is 0. The standard InChI is InChI=1S/C56H36BNO/c1-5-17-37(18-6-1)42-27-15-28-46-47-29-16-30-51(56(47)59-55(42)46)58(41-23-11-4-12-24-41)50-36-32-38-31-33-48-49(57(39-19-7-2-8-20-39)40-21-9-3-10-22-40)35-34-45-43-25-13-14-26-44(43)54(50)52(38)53(45)48/h1-36H. The highest BCUT2D eigenvalue weighted by atomic mass is 16.3. The van der Waals surface area contributed by atoms with E-state index < -0.39 is 0 Å². The summed E-state index contributed by atoms with van der Waals surface area (Å²) in [5, 5.41) is 12.3. The van der Waals surface area contributed by atoms with Crippen molar-refractivity contribution in [2.75, 3.05) is 4.90 Å². The van der Waals surface area contributed by atoms with Gasteiger partial charge in [0.1, 0.15) is 5.58 Å². The molecule has 59 heavy (non-hydrogen) atoms. The Morgan fingerprint density at radius 1 is 0.339 bits per heavy atom. The SMILES string of the molecule is c1ccc(B(c2ccccc2)c2ccc3c4ccccc4c4c(N(c5ccccc5)c5cccc6c5oc5c(-c7ccccc7)cccc56)ccc5ccc2c3c54)cc1. The lowest BCUT2D eigenvalue weighted by Crippen LogP contribution is -2.52. The van der Waals surface area contributed by atoms with Crippen LogP contribution in [0, 0.1) is 0 Å². The van der Waals surface area contributed by atoms with Gasteiger partial charge in [-0.1, -0.05) is 211 Å². The molecule has 0 aliphatic heterocycles. The Morgan fingerprint density at radius 3 is 1.63 bits per heavy atom. The summed E-state index contributed by atoms with van der Waals surface area (Å²) in [6.45, 7) is 0.0694. The van der Waals surface area contributed by atoms with Crippen molar-refractivity contribution in [1.82, 2.24) is 0 Å². The second-order valence-corrected chi connectivity index (χ2v) is 15.5. The summed E-state index contributed by atoms with van der Waals surface area (Å²) in [7, 11) is 0. The van der Waals surface area contributed by atoms with Gasteiger partial charge in [0.25, 0.3) is 0 Å². The first kappa shape index (κ1) is 33.5. The van der Waals surface area contributed by atoms with Crippen molar-refractivity contribution >= 4 is 105 Å². The van der Waals surface area contributed by atoms with Crippen molar-refractivity contribution < 1.29 is 4.42 Å². The average Bonchev–Trinajstić information content (AvgIpc) is 3.70. The van der Waals surface area contributed by atoms with Crippen LogP contribution in [0.3, 0.4) is 0 Å². The largest absolute Gasteiger partial charge is 0.453 e. The maximum Gasteiger partial charge on any atom is 0.241 e. The Kier molecular flexibility index (Phi) is 7.67. The molecule has 0 saturated heterocycles. The molecule has 0 unspecified atom stereocenters. The molecule has 11 aromatic carbocycles. The third-order valence-electron chi connectivity index (χ3n) is 12.3. The van der Waals surface area contributed by atoms with Gasteiger partial charge < -0.3 is 9.32 Å². The van der Waals surface area contributed by atoms with Crippen LogP contribution in [-0.4, -0.2) is 6.71 Å². The molecule has 0 amide bonds. The first-order valence-corrected chi connectivity index (χ1v) is 20.4. The zero-order valence-corrected chi connectivity index (χ0v) is 32.2. The minimum Gasteiger partial charge on any atom is -0.453 e. The zero-order valence-electron chi connectivity index (χ0n) is 32.2. The predicted octanol–water partition coefficient (Wildman–Crippen LogP) is 13.3. The summed E-state index contributed by atoms with van der Waals surface area (Å²) in [6.07, 6.45) is 0. The maximum atomic E-state index is 7.09. The monoisotopic (exact) mass is 749 g/mol. The molecule has 0 aliphatic rings. The summed E-state index contributed by atoms with van der Waals surface area (Å²) < 4.78 is 7.09. The van der Waals surface area contributed by atoms with Gasteiger partial charge in [-0.3, -0.25) is 0 Å². The van der Waals surface area contributed by atoms with E-state index in [1.165, 1.54) is 59.5 Å². The number of fused-ring (bicyclic) bond motifs is 6. The lowest BCUT2D eigenvalue weighted by molar-refractivity contribution is 0.670. The number of hydrogen-bond acceptors (Lipinski definition) is 2. The quantitative estimate of drug-likeness (QED) is 0.0916. The highest BCUT2D eigenvalue weighted by Gasteiger charge is 2.28. The van der Waals surface area contributed by atoms with E-state index in [2.05, 4.69) is 223 Å². The summed E-state index contributed by atoms with van der Waals surface area (Å²) in [4.78, 5) is 2.42. The highest BCUT2D eigenvalue weighted by molar-refractivity contribution is 6.97. The Labute approximate surface area is 342 Å². The molecule has 1 aromatic heterocycles. The zero-order chi connectivity index (χ0) is 38.9. The van der Waals surface area contributed by atoms with Gasteiger partial charge in [-0.05, 0) is 62.1 Å². The number of para-hydroxylation sites is 3. The Bertz CT molecular complexity index is 3450. The Morgan fingerprint density at radius 2 is 0.898 bits per heavy atom. The molecule has 0 saturated carbocycles. The van der Waals surface area contributed by atoms with Crippen LogP contribution in [0.25, 0.3) is 76.2 Å². The summed E-state index contributed by atoms with van der Waals surface area (Å²) in [6, 6.07) is 79.3. The number of rotatable bonds is 7. The Hall–Kier alpha value is -7.62. The molecule has 1 heterocycles. The molecule has 2 nitrogen and oxygen atoms in total. The summed E-state index contributed by atoms with van der Waals surface area (Å²) in [5.41, 5.74) is 11.0. The summed E-state index contributed by atoms with van der Waals surface area (Å²) >= 11 is 0. The van der Waals surface area contributed by atoms with E-state index in [0.29, 0.717) is 0 Å². The van der Waals surface area contributed by atoms with Crippen molar-refractivity contribution in [3.8, 4) is 11.1 Å². The molecular weight excluding hydrogens is 713 g/mol. The first-order chi connectivity index (χ1) is 29.3. The maximum absolute atomic E-state index is 7.09. The predicted molar refractivity (Wildman–Crippen MR) is 253 cm³/mol. The number of anilines is 3. The van der Waals surface area contributed by atoms with E-state index in [0.717, 1.165) is 50.1 Å². The van der Waals surface area contributed by atoms with Crippen LogP contribution < -0.4 is 21.3 Å². The van der Waals surface area contributed by atoms with Crippen molar-refractivity contribution in [3.63, 3.8) is 0 Å². The molecule has 3 heteroatoms. The van der Waals surface area contributed by atoms with Gasteiger partial charge in [-0.2, -0.15) is 0 Å². The van der Waals surface area contributed by atoms with Crippen LogP contribution in [0.15, 0.2) is 223 Å². The second-order valence-electron chi connectivity index (χ2n) is 15.5. The van der Waals surface area contributed by atoms with Gasteiger partial charge in [-0.15, -0.1) is 0 Å².